The fourth-order valence-corrected chi connectivity index (χ4v) is 9.00. The fraction of sp³-hybridized carbons (Fsp3) is 0.776. The van der Waals surface area contributed by atoms with Gasteiger partial charge in [-0.05, 0) is 83.5 Å². The molecule has 0 unspecified atom stereocenters. The summed E-state index contributed by atoms with van der Waals surface area (Å²) in [6.07, 6.45) is 79.1. The Bertz CT molecular complexity index is 1360. The van der Waals surface area contributed by atoms with Gasteiger partial charge in [0, 0.05) is 19.3 Å². The number of hydrogen-bond acceptors (Lipinski definition) is 6. The quantitative estimate of drug-likeness (QED) is 0.0261. The molecule has 0 aromatic heterocycles. The van der Waals surface area contributed by atoms with Gasteiger partial charge in [-0.3, -0.25) is 14.4 Å². The van der Waals surface area contributed by atoms with Gasteiger partial charge in [0.15, 0.2) is 6.10 Å². The van der Waals surface area contributed by atoms with E-state index in [0.717, 1.165) is 77.0 Å². The highest BCUT2D eigenvalue weighted by atomic mass is 16.6. The lowest BCUT2D eigenvalue weighted by atomic mass is 10.0. The zero-order valence-electron chi connectivity index (χ0n) is 48.4. The number of rotatable bonds is 57. The number of esters is 3. The minimum absolute atomic E-state index is 0.0919. The maximum Gasteiger partial charge on any atom is 0.306 e. The molecule has 0 aromatic carbocycles. The Morgan fingerprint density at radius 2 is 0.548 bits per heavy atom. The van der Waals surface area contributed by atoms with Gasteiger partial charge in [-0.15, -0.1) is 0 Å². The maximum atomic E-state index is 12.9. The van der Waals surface area contributed by atoms with Crippen LogP contribution in [0, 0.1) is 0 Å². The number of ether oxygens (including phenoxy) is 3. The SMILES string of the molecule is CC/C=C\C/C=C\C/C=C\C/C=C\C/C=C\CCCC(=O)OC[C@H](COC(=O)CCCCCCCCCCCCCCCCCCCCCCC)OC(=O)CCCCCCCCC/C=C\CCCCCCCC. The van der Waals surface area contributed by atoms with E-state index < -0.39 is 6.10 Å². The van der Waals surface area contributed by atoms with E-state index >= 15 is 0 Å². The van der Waals surface area contributed by atoms with Crippen molar-refractivity contribution < 1.29 is 28.6 Å². The molecule has 1 atom stereocenters. The molecule has 0 fully saturated rings. The van der Waals surface area contributed by atoms with Crippen molar-refractivity contribution in [2.45, 2.75) is 322 Å². The van der Waals surface area contributed by atoms with E-state index in [-0.39, 0.29) is 37.5 Å². The largest absolute Gasteiger partial charge is 0.462 e. The summed E-state index contributed by atoms with van der Waals surface area (Å²) in [4.78, 5) is 38.3. The Balaban J connectivity index is 4.40. The first kappa shape index (κ1) is 69.8. The summed E-state index contributed by atoms with van der Waals surface area (Å²) in [6, 6.07) is 0. The third kappa shape index (κ3) is 59.6. The van der Waals surface area contributed by atoms with Crippen LogP contribution in [0.15, 0.2) is 72.9 Å². The molecule has 0 amide bonds. The number of unbranched alkanes of at least 4 members (excludes halogenated alkanes) is 34. The third-order valence-electron chi connectivity index (χ3n) is 13.7. The second kappa shape index (κ2) is 61.4. The summed E-state index contributed by atoms with van der Waals surface area (Å²) >= 11 is 0. The van der Waals surface area contributed by atoms with Crippen molar-refractivity contribution in [3.05, 3.63) is 72.9 Å². The number of carbonyl (C=O) groups is 3. The molecular formula is C67H118O6. The van der Waals surface area contributed by atoms with Crippen molar-refractivity contribution in [3.8, 4) is 0 Å². The van der Waals surface area contributed by atoms with Gasteiger partial charge in [0.1, 0.15) is 13.2 Å². The Morgan fingerprint density at radius 1 is 0.288 bits per heavy atom. The second-order valence-electron chi connectivity index (χ2n) is 20.9. The average Bonchev–Trinajstić information content (AvgIpc) is 3.39. The molecule has 0 N–H and O–H groups in total. The first-order valence-corrected chi connectivity index (χ1v) is 31.4. The molecule has 6 heteroatoms. The van der Waals surface area contributed by atoms with Gasteiger partial charge < -0.3 is 14.2 Å². The molecule has 422 valence electrons. The van der Waals surface area contributed by atoms with Gasteiger partial charge in [0.25, 0.3) is 0 Å². The van der Waals surface area contributed by atoms with Gasteiger partial charge in [-0.2, -0.15) is 0 Å². The Hall–Kier alpha value is -3.15. The van der Waals surface area contributed by atoms with E-state index in [4.69, 9.17) is 14.2 Å². The summed E-state index contributed by atoms with van der Waals surface area (Å²) in [5.74, 6) is -0.942. The predicted molar refractivity (Wildman–Crippen MR) is 316 cm³/mol. The van der Waals surface area contributed by atoms with E-state index in [9.17, 15) is 14.4 Å². The molecule has 6 nitrogen and oxygen atoms in total. The molecule has 73 heavy (non-hydrogen) atoms. The van der Waals surface area contributed by atoms with Crippen molar-refractivity contribution in [2.24, 2.45) is 0 Å². The molecule has 0 saturated carbocycles. The molecule has 0 aromatic rings. The Kier molecular flexibility index (Phi) is 58.7. The lowest BCUT2D eigenvalue weighted by Gasteiger charge is -2.18. The maximum absolute atomic E-state index is 12.9. The number of hydrogen-bond donors (Lipinski definition) is 0. The van der Waals surface area contributed by atoms with Crippen molar-refractivity contribution in [3.63, 3.8) is 0 Å². The molecule has 0 heterocycles. The minimum Gasteiger partial charge on any atom is -0.462 e. The summed E-state index contributed by atoms with van der Waals surface area (Å²) in [7, 11) is 0. The van der Waals surface area contributed by atoms with Crippen molar-refractivity contribution >= 4 is 17.9 Å². The summed E-state index contributed by atoms with van der Waals surface area (Å²) in [5, 5.41) is 0. The monoisotopic (exact) mass is 1020 g/mol. The van der Waals surface area contributed by atoms with Crippen molar-refractivity contribution in [1.82, 2.24) is 0 Å². The summed E-state index contributed by atoms with van der Waals surface area (Å²) in [6.45, 7) is 6.51. The smallest absolute Gasteiger partial charge is 0.306 e. The van der Waals surface area contributed by atoms with Crippen LogP contribution in [0.1, 0.15) is 316 Å². The predicted octanol–water partition coefficient (Wildman–Crippen LogP) is 21.3. The van der Waals surface area contributed by atoms with Crippen LogP contribution >= 0.6 is 0 Å². The first-order valence-electron chi connectivity index (χ1n) is 31.4. The van der Waals surface area contributed by atoms with Gasteiger partial charge in [-0.1, -0.05) is 286 Å². The van der Waals surface area contributed by atoms with Gasteiger partial charge >= 0.3 is 17.9 Å². The minimum atomic E-state index is -0.800. The first-order chi connectivity index (χ1) is 36.0. The fourth-order valence-electron chi connectivity index (χ4n) is 9.00. The number of carbonyl (C=O) groups excluding carboxylic acids is 3. The van der Waals surface area contributed by atoms with E-state index in [1.807, 2.05) is 0 Å². The lowest BCUT2D eigenvalue weighted by molar-refractivity contribution is -0.167. The van der Waals surface area contributed by atoms with Crippen LogP contribution < -0.4 is 0 Å². The molecule has 0 aliphatic carbocycles. The summed E-state index contributed by atoms with van der Waals surface area (Å²) in [5.41, 5.74) is 0. The molecule has 0 radical (unpaired) electrons. The lowest BCUT2D eigenvalue weighted by Crippen LogP contribution is -2.30. The van der Waals surface area contributed by atoms with E-state index in [0.29, 0.717) is 19.3 Å². The Labute approximate surface area is 453 Å². The molecule has 0 aliphatic heterocycles. The molecule has 0 spiro atoms. The highest BCUT2D eigenvalue weighted by Crippen LogP contribution is 2.17. The van der Waals surface area contributed by atoms with Crippen LogP contribution in [0.5, 0.6) is 0 Å². The highest BCUT2D eigenvalue weighted by Gasteiger charge is 2.19. The molecular weight excluding hydrogens is 901 g/mol. The Morgan fingerprint density at radius 3 is 0.904 bits per heavy atom. The summed E-state index contributed by atoms with van der Waals surface area (Å²) < 4.78 is 16.9. The topological polar surface area (TPSA) is 78.9 Å². The number of allylic oxidation sites excluding steroid dienone is 12. The van der Waals surface area contributed by atoms with Crippen molar-refractivity contribution in [2.75, 3.05) is 13.2 Å². The van der Waals surface area contributed by atoms with E-state index in [2.05, 4.69) is 93.7 Å². The van der Waals surface area contributed by atoms with Crippen LogP contribution in [0.4, 0.5) is 0 Å². The van der Waals surface area contributed by atoms with Gasteiger partial charge in [-0.25, -0.2) is 0 Å². The van der Waals surface area contributed by atoms with E-state index in [1.54, 1.807) is 0 Å². The highest BCUT2D eigenvalue weighted by molar-refractivity contribution is 5.71. The van der Waals surface area contributed by atoms with Crippen LogP contribution in [0.2, 0.25) is 0 Å². The van der Waals surface area contributed by atoms with E-state index in [1.165, 1.54) is 193 Å². The molecule has 0 rings (SSSR count). The molecule has 0 bridgehead atoms. The third-order valence-corrected chi connectivity index (χ3v) is 13.7. The zero-order chi connectivity index (χ0) is 52.9. The van der Waals surface area contributed by atoms with Crippen LogP contribution in [0.3, 0.4) is 0 Å². The van der Waals surface area contributed by atoms with Gasteiger partial charge in [0.05, 0.1) is 0 Å². The molecule has 0 aliphatic rings. The van der Waals surface area contributed by atoms with Crippen LogP contribution in [-0.2, 0) is 28.6 Å². The zero-order valence-corrected chi connectivity index (χ0v) is 48.4. The van der Waals surface area contributed by atoms with Crippen LogP contribution in [0.25, 0.3) is 0 Å². The van der Waals surface area contributed by atoms with Crippen molar-refractivity contribution in [1.29, 1.82) is 0 Å². The van der Waals surface area contributed by atoms with Gasteiger partial charge in [0.2, 0.25) is 0 Å². The molecule has 0 saturated heterocycles. The standard InChI is InChI=1S/C67H118O6/c1-4-7-10-13-16-19-22-25-28-31-32-33-34-37-39-42-45-48-51-54-57-60-66(69)72-63-64(73-67(70)61-58-55-52-49-46-43-40-36-30-27-24-21-18-15-12-9-6-3)62-71-65(68)59-56-53-50-47-44-41-38-35-29-26-23-20-17-14-11-8-5-2/h8,11,17,20,26-27,29-30,38,41,47,50,64H,4-7,9-10,12-16,18-19,21-25,28,31-37,39-40,42-46,48-49,51-63H2,1-3H3/b11-8-,20-17-,29-26-,30-27-,41-38-,50-47-/t64-/m1/s1. The average molecular weight is 1020 g/mol. The van der Waals surface area contributed by atoms with Crippen LogP contribution in [-0.4, -0.2) is 37.2 Å². The second-order valence-corrected chi connectivity index (χ2v) is 20.9. The normalized spacial score (nSPS) is 12.5.